The first-order valence-corrected chi connectivity index (χ1v) is 5.22. The fourth-order valence-corrected chi connectivity index (χ4v) is 1.48. The highest BCUT2D eigenvalue weighted by Crippen LogP contribution is 2.23. The Bertz CT molecular complexity index is 507. The number of rotatable bonds is 3. The third-order valence-electron chi connectivity index (χ3n) is 2.40. The Balaban J connectivity index is 2.31. The van der Waals surface area contributed by atoms with Crippen LogP contribution in [0.2, 0.25) is 0 Å². The molecular weight excluding hydrogens is 219 g/mol. The van der Waals surface area contributed by atoms with Crippen molar-refractivity contribution >= 4 is 17.3 Å². The van der Waals surface area contributed by atoms with E-state index in [9.17, 15) is 4.39 Å². The summed E-state index contributed by atoms with van der Waals surface area (Å²) in [6.07, 6.45) is 1.42. The Morgan fingerprint density at radius 1 is 1.18 bits per heavy atom. The second-order valence-electron chi connectivity index (χ2n) is 3.60. The molecule has 0 amide bonds. The number of anilines is 3. The molecule has 0 fully saturated rings. The van der Waals surface area contributed by atoms with E-state index in [2.05, 4.69) is 20.6 Å². The Labute approximate surface area is 98.9 Å². The van der Waals surface area contributed by atoms with Gasteiger partial charge in [-0.15, -0.1) is 0 Å². The van der Waals surface area contributed by atoms with E-state index in [1.165, 1.54) is 12.4 Å². The number of benzene rings is 1. The second-order valence-corrected chi connectivity index (χ2v) is 3.60. The molecule has 4 nitrogen and oxygen atoms in total. The van der Waals surface area contributed by atoms with E-state index >= 15 is 0 Å². The SMILES string of the molecule is CNc1cc(Nc2c(C)cccc2F)ncn1. The average molecular weight is 232 g/mol. The van der Waals surface area contributed by atoms with E-state index in [1.54, 1.807) is 19.2 Å². The molecule has 0 radical (unpaired) electrons. The topological polar surface area (TPSA) is 49.8 Å². The first-order valence-electron chi connectivity index (χ1n) is 5.22. The van der Waals surface area contributed by atoms with Crippen LogP contribution < -0.4 is 10.6 Å². The highest BCUT2D eigenvalue weighted by atomic mass is 19.1. The quantitative estimate of drug-likeness (QED) is 0.854. The van der Waals surface area contributed by atoms with Gasteiger partial charge in [0.15, 0.2) is 0 Å². The third-order valence-corrected chi connectivity index (χ3v) is 2.40. The van der Waals surface area contributed by atoms with Crippen LogP contribution in [-0.2, 0) is 0 Å². The summed E-state index contributed by atoms with van der Waals surface area (Å²) in [5, 5.41) is 5.85. The van der Waals surface area contributed by atoms with Crippen molar-refractivity contribution in [1.29, 1.82) is 0 Å². The fourth-order valence-electron chi connectivity index (χ4n) is 1.48. The number of hydrogen-bond donors (Lipinski definition) is 2. The molecule has 1 aromatic carbocycles. The van der Waals surface area contributed by atoms with Crippen molar-refractivity contribution in [2.45, 2.75) is 6.92 Å². The predicted molar refractivity (Wildman–Crippen MR) is 66.0 cm³/mol. The highest BCUT2D eigenvalue weighted by molar-refractivity contribution is 5.62. The van der Waals surface area contributed by atoms with Gasteiger partial charge in [-0.1, -0.05) is 12.1 Å². The molecule has 5 heteroatoms. The van der Waals surface area contributed by atoms with E-state index < -0.39 is 0 Å². The number of halogens is 1. The van der Waals surface area contributed by atoms with Crippen LogP contribution in [0.3, 0.4) is 0 Å². The van der Waals surface area contributed by atoms with Crippen molar-refractivity contribution < 1.29 is 4.39 Å². The maximum Gasteiger partial charge on any atom is 0.146 e. The molecule has 2 aromatic rings. The maximum absolute atomic E-state index is 13.6. The lowest BCUT2D eigenvalue weighted by Gasteiger charge is -2.10. The van der Waals surface area contributed by atoms with E-state index in [4.69, 9.17) is 0 Å². The molecule has 1 aromatic heterocycles. The molecule has 0 atom stereocenters. The van der Waals surface area contributed by atoms with Gasteiger partial charge < -0.3 is 10.6 Å². The zero-order valence-corrected chi connectivity index (χ0v) is 9.66. The van der Waals surface area contributed by atoms with Crippen molar-refractivity contribution in [3.8, 4) is 0 Å². The summed E-state index contributed by atoms with van der Waals surface area (Å²) in [5.74, 6) is 0.934. The van der Waals surface area contributed by atoms with Gasteiger partial charge in [-0.25, -0.2) is 14.4 Å². The predicted octanol–water partition coefficient (Wildman–Crippen LogP) is 2.71. The van der Waals surface area contributed by atoms with Crippen LogP contribution in [0.4, 0.5) is 21.7 Å². The van der Waals surface area contributed by atoms with Gasteiger partial charge in [-0.3, -0.25) is 0 Å². The van der Waals surface area contributed by atoms with Crippen molar-refractivity contribution in [1.82, 2.24) is 9.97 Å². The smallest absolute Gasteiger partial charge is 0.146 e. The molecule has 0 saturated carbocycles. The number of aromatic nitrogens is 2. The molecule has 0 spiro atoms. The molecule has 0 aliphatic heterocycles. The van der Waals surface area contributed by atoms with Gasteiger partial charge in [0, 0.05) is 13.1 Å². The van der Waals surface area contributed by atoms with Crippen molar-refractivity contribution in [3.05, 3.63) is 42.0 Å². The summed E-state index contributed by atoms with van der Waals surface area (Å²) in [7, 11) is 1.76. The summed E-state index contributed by atoms with van der Waals surface area (Å²) in [6, 6.07) is 6.64. The molecule has 2 N–H and O–H groups in total. The van der Waals surface area contributed by atoms with Gasteiger partial charge in [-0.2, -0.15) is 0 Å². The normalized spacial score (nSPS) is 10.1. The fraction of sp³-hybridized carbons (Fsp3) is 0.167. The molecule has 0 saturated heterocycles. The van der Waals surface area contributed by atoms with Crippen LogP contribution in [0.5, 0.6) is 0 Å². The van der Waals surface area contributed by atoms with Crippen LogP contribution in [0.15, 0.2) is 30.6 Å². The summed E-state index contributed by atoms with van der Waals surface area (Å²) in [5.41, 5.74) is 1.27. The molecule has 0 aliphatic rings. The van der Waals surface area contributed by atoms with E-state index in [0.717, 1.165) is 5.56 Å². The minimum atomic E-state index is -0.297. The molecular formula is C12H13FN4. The zero-order chi connectivity index (χ0) is 12.3. The highest BCUT2D eigenvalue weighted by Gasteiger charge is 2.06. The zero-order valence-electron chi connectivity index (χ0n) is 9.66. The molecule has 1 heterocycles. The third kappa shape index (κ3) is 2.50. The minimum absolute atomic E-state index is 0.297. The Kier molecular flexibility index (Phi) is 3.18. The van der Waals surface area contributed by atoms with Gasteiger partial charge >= 0.3 is 0 Å². The number of aryl methyl sites for hydroxylation is 1. The second kappa shape index (κ2) is 4.78. The molecule has 17 heavy (non-hydrogen) atoms. The number of hydrogen-bond acceptors (Lipinski definition) is 4. The van der Waals surface area contributed by atoms with Crippen molar-refractivity contribution in [3.63, 3.8) is 0 Å². The summed E-state index contributed by atoms with van der Waals surface area (Å²) in [4.78, 5) is 8.02. The maximum atomic E-state index is 13.6. The number of para-hydroxylation sites is 1. The summed E-state index contributed by atoms with van der Waals surface area (Å²) >= 11 is 0. The Morgan fingerprint density at radius 2 is 1.94 bits per heavy atom. The molecule has 2 rings (SSSR count). The average Bonchev–Trinajstić information content (AvgIpc) is 2.34. The molecule has 88 valence electrons. The Morgan fingerprint density at radius 3 is 2.65 bits per heavy atom. The lowest BCUT2D eigenvalue weighted by molar-refractivity contribution is 0.631. The first-order chi connectivity index (χ1) is 8.20. The molecule has 0 unspecified atom stereocenters. The minimum Gasteiger partial charge on any atom is -0.373 e. The number of nitrogens with one attached hydrogen (secondary N) is 2. The van der Waals surface area contributed by atoms with Gasteiger partial charge in [0.1, 0.15) is 23.8 Å². The van der Waals surface area contributed by atoms with Gasteiger partial charge in [0.25, 0.3) is 0 Å². The van der Waals surface area contributed by atoms with Gasteiger partial charge in [0.05, 0.1) is 5.69 Å². The van der Waals surface area contributed by atoms with Crippen molar-refractivity contribution in [2.75, 3.05) is 17.7 Å². The van der Waals surface area contributed by atoms with Crippen LogP contribution in [0.25, 0.3) is 0 Å². The largest absolute Gasteiger partial charge is 0.373 e. The first kappa shape index (κ1) is 11.3. The lowest BCUT2D eigenvalue weighted by atomic mass is 10.2. The van der Waals surface area contributed by atoms with E-state index in [-0.39, 0.29) is 5.82 Å². The van der Waals surface area contributed by atoms with Crippen LogP contribution in [0.1, 0.15) is 5.56 Å². The monoisotopic (exact) mass is 232 g/mol. The molecule has 0 bridgehead atoms. The van der Waals surface area contributed by atoms with Gasteiger partial charge in [0.2, 0.25) is 0 Å². The standard InChI is InChI=1S/C12H13FN4/c1-8-4-3-5-9(13)12(8)17-11-6-10(14-2)15-7-16-11/h3-7H,1-2H3,(H2,14,15,16,17). The summed E-state index contributed by atoms with van der Waals surface area (Å²) in [6.45, 7) is 1.84. The lowest BCUT2D eigenvalue weighted by Crippen LogP contribution is -2.00. The van der Waals surface area contributed by atoms with Crippen LogP contribution in [0, 0.1) is 12.7 Å². The van der Waals surface area contributed by atoms with E-state index in [0.29, 0.717) is 17.3 Å². The van der Waals surface area contributed by atoms with E-state index in [1.807, 2.05) is 13.0 Å². The molecule has 0 aliphatic carbocycles. The van der Waals surface area contributed by atoms with Crippen LogP contribution in [-0.4, -0.2) is 17.0 Å². The summed E-state index contributed by atoms with van der Waals surface area (Å²) < 4.78 is 13.6. The van der Waals surface area contributed by atoms with Crippen LogP contribution >= 0.6 is 0 Å². The van der Waals surface area contributed by atoms with Crippen molar-refractivity contribution in [2.24, 2.45) is 0 Å². The Hall–Kier alpha value is -2.17. The number of nitrogens with zero attached hydrogens (tertiary/aromatic N) is 2. The van der Waals surface area contributed by atoms with Gasteiger partial charge in [-0.05, 0) is 18.6 Å².